The Bertz CT molecular complexity index is 331. The zero-order valence-electron chi connectivity index (χ0n) is 11.7. The van der Waals surface area contributed by atoms with Crippen LogP contribution in [-0.2, 0) is 9.53 Å². The van der Waals surface area contributed by atoms with E-state index in [9.17, 15) is 4.79 Å². The molecule has 3 aliphatic heterocycles. The molecule has 0 radical (unpaired) electrons. The van der Waals surface area contributed by atoms with Crippen molar-refractivity contribution in [1.82, 2.24) is 15.5 Å². The van der Waals surface area contributed by atoms with Crippen LogP contribution in [0.1, 0.15) is 26.2 Å². The molecule has 3 heterocycles. The number of morpholine rings is 1. The van der Waals surface area contributed by atoms with Crippen LogP contribution in [-0.4, -0.2) is 61.8 Å². The van der Waals surface area contributed by atoms with Gasteiger partial charge >= 0.3 is 0 Å². The predicted molar refractivity (Wildman–Crippen MR) is 72.9 cm³/mol. The monoisotopic (exact) mass is 267 g/mol. The number of hydrogen-bond acceptors (Lipinski definition) is 4. The molecule has 3 rings (SSSR count). The summed E-state index contributed by atoms with van der Waals surface area (Å²) in [5, 5.41) is 6.72. The smallest absolute Gasteiger partial charge is 0.224 e. The van der Waals surface area contributed by atoms with Gasteiger partial charge in [-0.2, -0.15) is 0 Å². The summed E-state index contributed by atoms with van der Waals surface area (Å²) in [6.07, 6.45) is 3.44. The van der Waals surface area contributed by atoms with Gasteiger partial charge in [0.1, 0.15) is 0 Å². The third kappa shape index (κ3) is 3.09. The number of amides is 1. The summed E-state index contributed by atoms with van der Waals surface area (Å²) in [4.78, 5) is 14.7. The zero-order valence-corrected chi connectivity index (χ0v) is 11.7. The molecule has 0 aromatic rings. The SMILES string of the molecule is CC(CN1CCOCC1)NC(=O)C1CC2CCC1N2. The standard InChI is InChI=1S/C14H25N3O2/c1-10(9-17-4-6-19-7-5-17)15-14(18)12-8-11-2-3-13(12)16-11/h10-13,16H,2-9H2,1H3,(H,15,18). The van der Waals surface area contributed by atoms with Crippen LogP contribution in [0.25, 0.3) is 0 Å². The first kappa shape index (κ1) is 13.3. The number of carbonyl (C=O) groups is 1. The molecular formula is C14H25N3O2. The van der Waals surface area contributed by atoms with E-state index >= 15 is 0 Å². The van der Waals surface area contributed by atoms with Gasteiger partial charge in [-0.05, 0) is 26.2 Å². The minimum atomic E-state index is 0.200. The van der Waals surface area contributed by atoms with Crippen LogP contribution in [0, 0.1) is 5.92 Å². The van der Waals surface area contributed by atoms with Gasteiger partial charge in [-0.25, -0.2) is 0 Å². The molecule has 1 amide bonds. The molecule has 3 saturated heterocycles. The highest BCUT2D eigenvalue weighted by Gasteiger charge is 2.42. The third-order valence-electron chi connectivity index (χ3n) is 4.66. The molecule has 0 aromatic heterocycles. The third-order valence-corrected chi connectivity index (χ3v) is 4.66. The van der Waals surface area contributed by atoms with Crippen molar-refractivity contribution in [2.75, 3.05) is 32.8 Å². The summed E-state index contributed by atoms with van der Waals surface area (Å²) in [6.45, 7) is 6.64. The van der Waals surface area contributed by atoms with E-state index in [2.05, 4.69) is 22.5 Å². The van der Waals surface area contributed by atoms with E-state index in [1.807, 2.05) is 0 Å². The van der Waals surface area contributed by atoms with Gasteiger partial charge in [0, 0.05) is 37.8 Å². The van der Waals surface area contributed by atoms with Crippen molar-refractivity contribution < 1.29 is 9.53 Å². The second kappa shape index (κ2) is 5.77. The molecule has 2 bridgehead atoms. The summed E-state index contributed by atoms with van der Waals surface area (Å²) in [7, 11) is 0. The van der Waals surface area contributed by atoms with Crippen molar-refractivity contribution in [3.63, 3.8) is 0 Å². The highest BCUT2D eigenvalue weighted by atomic mass is 16.5. The van der Waals surface area contributed by atoms with E-state index in [1.54, 1.807) is 0 Å². The zero-order chi connectivity index (χ0) is 13.2. The van der Waals surface area contributed by atoms with Crippen LogP contribution in [0.2, 0.25) is 0 Å². The number of carbonyl (C=O) groups excluding carboxylic acids is 1. The fraction of sp³-hybridized carbons (Fsp3) is 0.929. The Morgan fingerprint density at radius 1 is 1.42 bits per heavy atom. The molecule has 4 unspecified atom stereocenters. The Balaban J connectivity index is 1.43. The Kier molecular flexibility index (Phi) is 4.05. The normalized spacial score (nSPS) is 36.4. The van der Waals surface area contributed by atoms with Gasteiger partial charge in [0.15, 0.2) is 0 Å². The first-order chi connectivity index (χ1) is 9.22. The van der Waals surface area contributed by atoms with E-state index in [-0.39, 0.29) is 17.9 Å². The molecule has 2 N–H and O–H groups in total. The van der Waals surface area contributed by atoms with Crippen molar-refractivity contribution >= 4 is 5.91 Å². The predicted octanol–water partition coefficient (Wildman–Crippen LogP) is -0.0362. The highest BCUT2D eigenvalue weighted by molar-refractivity contribution is 5.80. The maximum atomic E-state index is 12.3. The van der Waals surface area contributed by atoms with Crippen molar-refractivity contribution in [3.05, 3.63) is 0 Å². The minimum absolute atomic E-state index is 0.200. The topological polar surface area (TPSA) is 53.6 Å². The van der Waals surface area contributed by atoms with E-state index in [1.165, 1.54) is 12.8 Å². The van der Waals surface area contributed by atoms with Gasteiger partial charge < -0.3 is 15.4 Å². The van der Waals surface area contributed by atoms with Crippen LogP contribution < -0.4 is 10.6 Å². The van der Waals surface area contributed by atoms with E-state index in [4.69, 9.17) is 4.74 Å². The van der Waals surface area contributed by atoms with E-state index in [0.29, 0.717) is 12.1 Å². The number of nitrogens with one attached hydrogen (secondary N) is 2. The fourth-order valence-electron chi connectivity index (χ4n) is 3.68. The van der Waals surface area contributed by atoms with Gasteiger partial charge in [0.2, 0.25) is 5.91 Å². The summed E-state index contributed by atoms with van der Waals surface area (Å²) in [5.74, 6) is 0.450. The molecular weight excluding hydrogens is 242 g/mol. The molecule has 108 valence electrons. The maximum Gasteiger partial charge on any atom is 0.224 e. The van der Waals surface area contributed by atoms with Crippen molar-refractivity contribution in [1.29, 1.82) is 0 Å². The highest BCUT2D eigenvalue weighted by Crippen LogP contribution is 2.33. The maximum absolute atomic E-state index is 12.3. The minimum Gasteiger partial charge on any atom is -0.379 e. The Labute approximate surface area is 115 Å². The van der Waals surface area contributed by atoms with E-state index in [0.717, 1.165) is 39.3 Å². The first-order valence-electron chi connectivity index (χ1n) is 7.59. The van der Waals surface area contributed by atoms with Gasteiger partial charge in [-0.3, -0.25) is 9.69 Å². The van der Waals surface area contributed by atoms with Gasteiger partial charge in [0.25, 0.3) is 0 Å². The lowest BCUT2D eigenvalue weighted by Gasteiger charge is -2.30. The van der Waals surface area contributed by atoms with Gasteiger partial charge in [-0.15, -0.1) is 0 Å². The molecule has 19 heavy (non-hydrogen) atoms. The first-order valence-corrected chi connectivity index (χ1v) is 7.59. The molecule has 0 aliphatic carbocycles. The van der Waals surface area contributed by atoms with Gasteiger partial charge in [0.05, 0.1) is 19.1 Å². The molecule has 0 saturated carbocycles. The Morgan fingerprint density at radius 3 is 2.84 bits per heavy atom. The lowest BCUT2D eigenvalue weighted by molar-refractivity contribution is -0.126. The lowest BCUT2D eigenvalue weighted by atomic mass is 9.88. The molecule has 0 spiro atoms. The average Bonchev–Trinajstić information content (AvgIpc) is 3.02. The summed E-state index contributed by atoms with van der Waals surface area (Å²) >= 11 is 0. The quantitative estimate of drug-likeness (QED) is 0.751. The summed E-state index contributed by atoms with van der Waals surface area (Å²) in [5.41, 5.74) is 0. The van der Waals surface area contributed by atoms with Crippen LogP contribution in [0.3, 0.4) is 0 Å². The molecule has 4 atom stereocenters. The number of rotatable bonds is 4. The van der Waals surface area contributed by atoms with Gasteiger partial charge in [-0.1, -0.05) is 0 Å². The number of nitrogens with zero attached hydrogens (tertiary/aromatic N) is 1. The molecule has 5 heteroatoms. The van der Waals surface area contributed by atoms with Crippen molar-refractivity contribution in [2.24, 2.45) is 5.92 Å². The van der Waals surface area contributed by atoms with Crippen LogP contribution in [0.4, 0.5) is 0 Å². The van der Waals surface area contributed by atoms with Crippen LogP contribution in [0.15, 0.2) is 0 Å². The van der Waals surface area contributed by atoms with Crippen LogP contribution in [0.5, 0.6) is 0 Å². The Hall–Kier alpha value is -0.650. The lowest BCUT2D eigenvalue weighted by Crippen LogP contribution is -2.48. The summed E-state index contributed by atoms with van der Waals surface area (Å²) in [6, 6.07) is 1.25. The van der Waals surface area contributed by atoms with E-state index < -0.39 is 0 Å². The molecule has 0 aromatic carbocycles. The molecule has 3 aliphatic rings. The largest absolute Gasteiger partial charge is 0.379 e. The number of ether oxygens (including phenoxy) is 1. The fourth-order valence-corrected chi connectivity index (χ4v) is 3.68. The molecule has 3 fully saturated rings. The number of hydrogen-bond donors (Lipinski definition) is 2. The Morgan fingerprint density at radius 2 is 2.21 bits per heavy atom. The average molecular weight is 267 g/mol. The van der Waals surface area contributed by atoms with Crippen molar-refractivity contribution in [2.45, 2.75) is 44.3 Å². The second-order valence-electron chi connectivity index (χ2n) is 6.21. The molecule has 5 nitrogen and oxygen atoms in total. The second-order valence-corrected chi connectivity index (χ2v) is 6.21. The van der Waals surface area contributed by atoms with Crippen LogP contribution >= 0.6 is 0 Å². The number of fused-ring (bicyclic) bond motifs is 2. The summed E-state index contributed by atoms with van der Waals surface area (Å²) < 4.78 is 5.34. The van der Waals surface area contributed by atoms with Crippen molar-refractivity contribution in [3.8, 4) is 0 Å².